The van der Waals surface area contributed by atoms with Crippen molar-refractivity contribution in [2.45, 2.75) is 45.6 Å². The zero-order chi connectivity index (χ0) is 28.8. The zero-order valence-corrected chi connectivity index (χ0v) is 23.1. The zero-order valence-electron chi connectivity index (χ0n) is 21.5. The predicted octanol–water partition coefficient (Wildman–Crippen LogP) is 5.38. The summed E-state index contributed by atoms with van der Waals surface area (Å²) < 4.78 is 60.8. The van der Waals surface area contributed by atoms with Gasteiger partial charge in [0.2, 0.25) is 5.82 Å². The molecule has 1 N–H and O–H groups in total. The monoisotopic (exact) mass is 596 g/mol. The molecule has 0 spiro atoms. The SMILES string of the molecule is Cc1cc(Cl)cc(-c2ccnc3cc(Cn4c(=O)c(F)cn(CC(F)(F)F)c4=O)sc23)c1O[C@@H]1CCNC[C@@H]1C. The van der Waals surface area contributed by atoms with Crippen LogP contribution in [0.15, 0.2) is 46.2 Å². The number of fused-ring (bicyclic) bond motifs is 1. The summed E-state index contributed by atoms with van der Waals surface area (Å²) in [7, 11) is 0. The van der Waals surface area contributed by atoms with E-state index in [2.05, 4.69) is 17.2 Å². The number of hydrogen-bond donors (Lipinski definition) is 1. The molecule has 1 fully saturated rings. The molecular weight excluding hydrogens is 572 g/mol. The van der Waals surface area contributed by atoms with Crippen LogP contribution in [0.4, 0.5) is 17.6 Å². The first-order valence-electron chi connectivity index (χ1n) is 12.5. The summed E-state index contributed by atoms with van der Waals surface area (Å²) in [5.74, 6) is -0.484. The fourth-order valence-electron chi connectivity index (χ4n) is 4.90. The predicted molar refractivity (Wildman–Crippen MR) is 146 cm³/mol. The topological polar surface area (TPSA) is 78.2 Å². The molecule has 3 aromatic heterocycles. The van der Waals surface area contributed by atoms with E-state index in [0.717, 1.165) is 36.2 Å². The Morgan fingerprint density at radius 3 is 2.73 bits per heavy atom. The molecule has 40 heavy (non-hydrogen) atoms. The molecule has 0 amide bonds. The van der Waals surface area contributed by atoms with Gasteiger partial charge in [0.05, 0.1) is 23.0 Å². The molecular formula is C27H25ClF4N4O3S. The first-order chi connectivity index (χ1) is 18.9. The number of nitrogens with zero attached hydrogens (tertiary/aromatic N) is 3. The van der Waals surface area contributed by atoms with Crippen molar-refractivity contribution < 1.29 is 22.3 Å². The van der Waals surface area contributed by atoms with Gasteiger partial charge in [-0.1, -0.05) is 18.5 Å². The molecule has 1 aromatic carbocycles. The van der Waals surface area contributed by atoms with Crippen molar-refractivity contribution in [2.24, 2.45) is 5.92 Å². The quantitative estimate of drug-likeness (QED) is 0.303. The average Bonchev–Trinajstić information content (AvgIpc) is 3.30. The van der Waals surface area contributed by atoms with Crippen molar-refractivity contribution in [1.82, 2.24) is 19.4 Å². The van der Waals surface area contributed by atoms with Crippen LogP contribution in [0.2, 0.25) is 5.02 Å². The van der Waals surface area contributed by atoms with E-state index < -0.39 is 36.3 Å². The van der Waals surface area contributed by atoms with Crippen LogP contribution in [-0.2, 0) is 13.1 Å². The van der Waals surface area contributed by atoms with Crippen LogP contribution in [0.1, 0.15) is 23.8 Å². The third kappa shape index (κ3) is 5.79. The van der Waals surface area contributed by atoms with E-state index in [9.17, 15) is 27.2 Å². The number of benzene rings is 1. The summed E-state index contributed by atoms with van der Waals surface area (Å²) in [6.45, 7) is 3.58. The highest BCUT2D eigenvalue weighted by molar-refractivity contribution is 7.19. The van der Waals surface area contributed by atoms with Gasteiger partial charge in [0.15, 0.2) is 0 Å². The summed E-state index contributed by atoms with van der Waals surface area (Å²) in [5.41, 5.74) is 0.331. The van der Waals surface area contributed by atoms with E-state index in [0.29, 0.717) is 30.4 Å². The minimum Gasteiger partial charge on any atom is -0.489 e. The lowest BCUT2D eigenvalue weighted by atomic mass is 9.97. The maximum atomic E-state index is 14.2. The minimum absolute atomic E-state index is 0.00479. The fourth-order valence-corrected chi connectivity index (χ4v) is 6.30. The number of nitrogens with one attached hydrogen (secondary N) is 1. The van der Waals surface area contributed by atoms with Gasteiger partial charge in [0, 0.05) is 39.7 Å². The van der Waals surface area contributed by atoms with Gasteiger partial charge in [-0.2, -0.15) is 17.6 Å². The molecule has 0 aliphatic carbocycles. The normalized spacial score (nSPS) is 17.9. The average molecular weight is 597 g/mol. The second-order valence-corrected chi connectivity index (χ2v) is 11.5. The largest absolute Gasteiger partial charge is 0.489 e. The Morgan fingerprint density at radius 1 is 1.23 bits per heavy atom. The highest BCUT2D eigenvalue weighted by Gasteiger charge is 2.30. The number of pyridine rings is 1. The third-order valence-corrected chi connectivity index (χ3v) is 8.19. The first-order valence-corrected chi connectivity index (χ1v) is 13.7. The molecule has 13 heteroatoms. The van der Waals surface area contributed by atoms with Crippen LogP contribution in [0.25, 0.3) is 21.3 Å². The number of hydrogen-bond acceptors (Lipinski definition) is 6. The van der Waals surface area contributed by atoms with Crippen LogP contribution in [0, 0.1) is 18.7 Å². The van der Waals surface area contributed by atoms with Gasteiger partial charge in [-0.25, -0.2) is 4.79 Å². The lowest BCUT2D eigenvalue weighted by Crippen LogP contribution is -2.43. The van der Waals surface area contributed by atoms with Gasteiger partial charge in [-0.15, -0.1) is 11.3 Å². The summed E-state index contributed by atoms with van der Waals surface area (Å²) in [4.78, 5) is 29.9. The number of alkyl halides is 3. The lowest BCUT2D eigenvalue weighted by molar-refractivity contribution is -0.141. The maximum absolute atomic E-state index is 14.2. The van der Waals surface area contributed by atoms with Crippen LogP contribution < -0.4 is 21.3 Å². The van der Waals surface area contributed by atoms with Crippen molar-refractivity contribution >= 4 is 33.2 Å². The first kappa shape index (κ1) is 28.3. The third-order valence-electron chi connectivity index (χ3n) is 6.83. The molecule has 5 rings (SSSR count). The van der Waals surface area contributed by atoms with E-state index in [1.54, 1.807) is 24.4 Å². The number of aromatic nitrogens is 3. The van der Waals surface area contributed by atoms with Gasteiger partial charge in [-0.05, 0) is 49.7 Å². The number of thiophene rings is 1. The van der Waals surface area contributed by atoms with Crippen molar-refractivity contribution in [3.8, 4) is 16.9 Å². The molecule has 1 aliphatic heterocycles. The van der Waals surface area contributed by atoms with E-state index in [1.165, 1.54) is 11.3 Å². The van der Waals surface area contributed by atoms with Gasteiger partial charge in [-0.3, -0.25) is 18.9 Å². The summed E-state index contributed by atoms with van der Waals surface area (Å²) in [6.07, 6.45) is -2.05. The second-order valence-electron chi connectivity index (χ2n) is 9.91. The number of aryl methyl sites for hydroxylation is 1. The van der Waals surface area contributed by atoms with Crippen molar-refractivity contribution in [2.75, 3.05) is 13.1 Å². The van der Waals surface area contributed by atoms with Gasteiger partial charge in [0.25, 0.3) is 5.56 Å². The highest BCUT2D eigenvalue weighted by atomic mass is 35.5. The van der Waals surface area contributed by atoms with Crippen LogP contribution >= 0.6 is 22.9 Å². The molecule has 212 valence electrons. The van der Waals surface area contributed by atoms with E-state index >= 15 is 0 Å². The Bertz CT molecular complexity index is 1700. The van der Waals surface area contributed by atoms with Gasteiger partial charge >= 0.3 is 11.9 Å². The number of halogens is 5. The molecule has 0 radical (unpaired) electrons. The van der Waals surface area contributed by atoms with Crippen LogP contribution in [0.3, 0.4) is 0 Å². The second kappa shape index (κ2) is 11.0. The summed E-state index contributed by atoms with van der Waals surface area (Å²) in [6, 6.07) is 7.06. The smallest absolute Gasteiger partial charge is 0.406 e. The molecule has 2 atom stereocenters. The number of rotatable bonds is 6. The van der Waals surface area contributed by atoms with Crippen molar-refractivity contribution in [3.05, 3.63) is 78.8 Å². The summed E-state index contributed by atoms with van der Waals surface area (Å²) in [5, 5.41) is 3.87. The lowest BCUT2D eigenvalue weighted by Gasteiger charge is -2.31. The molecule has 1 aliphatic rings. The highest BCUT2D eigenvalue weighted by Crippen LogP contribution is 2.42. The molecule has 7 nitrogen and oxygen atoms in total. The molecule has 4 aromatic rings. The molecule has 4 heterocycles. The Kier molecular flexibility index (Phi) is 7.77. The van der Waals surface area contributed by atoms with E-state index in [4.69, 9.17) is 16.3 Å². The standard InChI is InChI=1S/C27H25ClF4N4O3S/c1-14-7-16(28)8-19(23(14)39-22-4-5-33-10-15(22)2)18-3-6-34-21-9-17(40-24(18)21)11-36-25(37)20(29)12-35(26(36)38)13-27(30,31)32/h3,6-9,12,15,22,33H,4-5,10-11,13H2,1-2H3/t15-,22+/m0/s1. The molecule has 0 saturated carbocycles. The Balaban J connectivity index is 1.57. The Labute approximate surface area is 235 Å². The Hall–Kier alpha value is -3.22. The number of piperidine rings is 1. The van der Waals surface area contributed by atoms with Crippen molar-refractivity contribution in [1.29, 1.82) is 0 Å². The van der Waals surface area contributed by atoms with E-state index in [1.807, 2.05) is 13.0 Å². The summed E-state index contributed by atoms with van der Waals surface area (Å²) >= 11 is 7.65. The van der Waals surface area contributed by atoms with Gasteiger partial charge < -0.3 is 10.1 Å². The number of ether oxygens (including phenoxy) is 1. The minimum atomic E-state index is -4.77. The van der Waals surface area contributed by atoms with Crippen molar-refractivity contribution in [3.63, 3.8) is 0 Å². The fraction of sp³-hybridized carbons (Fsp3) is 0.370. The maximum Gasteiger partial charge on any atom is 0.406 e. The Morgan fingerprint density at radius 2 is 2.00 bits per heavy atom. The molecule has 0 bridgehead atoms. The van der Waals surface area contributed by atoms with Crippen LogP contribution in [0.5, 0.6) is 5.75 Å². The van der Waals surface area contributed by atoms with Gasteiger partial charge in [0.1, 0.15) is 18.4 Å². The van der Waals surface area contributed by atoms with E-state index in [-0.39, 0.29) is 22.8 Å². The molecule has 0 unspecified atom stereocenters. The van der Waals surface area contributed by atoms with Crippen LogP contribution in [-0.4, -0.2) is 39.5 Å². The molecule has 1 saturated heterocycles.